The molecule has 0 spiro atoms. The molecule has 0 fully saturated rings. The van der Waals surface area contributed by atoms with Crippen LogP contribution in [-0.2, 0) is 11.3 Å². The van der Waals surface area contributed by atoms with Gasteiger partial charge >= 0.3 is 0 Å². The fraction of sp³-hybridized carbons (Fsp3) is 0.133. The van der Waals surface area contributed by atoms with E-state index in [1.165, 1.54) is 13.0 Å². The number of nitrogens with one attached hydrogen (secondary N) is 2. The zero-order valence-electron chi connectivity index (χ0n) is 11.5. The second-order valence-electron chi connectivity index (χ2n) is 4.51. The predicted octanol–water partition coefficient (Wildman–Crippen LogP) is 3.17. The summed E-state index contributed by atoms with van der Waals surface area (Å²) in [6.07, 6.45) is 0. The van der Waals surface area contributed by atoms with Gasteiger partial charge in [-0.2, -0.15) is 0 Å². The topological polar surface area (TPSA) is 84.3 Å². The number of nitro groups is 1. The van der Waals surface area contributed by atoms with Crippen LogP contribution in [0.2, 0.25) is 0 Å². The van der Waals surface area contributed by atoms with Gasteiger partial charge < -0.3 is 10.6 Å². The van der Waals surface area contributed by atoms with Crippen LogP contribution in [0.5, 0.6) is 0 Å². The molecule has 0 saturated carbocycles. The summed E-state index contributed by atoms with van der Waals surface area (Å²) in [5.41, 5.74) is 2.21. The van der Waals surface area contributed by atoms with Crippen LogP contribution < -0.4 is 10.6 Å². The number of nitro benzene ring substituents is 1. The molecule has 2 rings (SSSR count). The van der Waals surface area contributed by atoms with Gasteiger partial charge in [-0.1, -0.05) is 24.3 Å². The Morgan fingerprint density at radius 3 is 2.43 bits per heavy atom. The zero-order chi connectivity index (χ0) is 15.2. The number of amides is 1. The first-order valence-corrected chi connectivity index (χ1v) is 6.40. The van der Waals surface area contributed by atoms with Crippen molar-refractivity contribution in [2.75, 3.05) is 10.6 Å². The molecule has 0 unspecified atom stereocenters. The number of para-hydroxylation sites is 2. The third kappa shape index (κ3) is 4.04. The zero-order valence-corrected chi connectivity index (χ0v) is 11.5. The third-order valence-corrected chi connectivity index (χ3v) is 2.86. The number of anilines is 2. The molecule has 0 aliphatic rings. The van der Waals surface area contributed by atoms with E-state index in [-0.39, 0.29) is 11.6 Å². The Labute approximate surface area is 121 Å². The van der Waals surface area contributed by atoms with Crippen molar-refractivity contribution in [2.45, 2.75) is 13.5 Å². The van der Waals surface area contributed by atoms with Crippen molar-refractivity contribution in [2.24, 2.45) is 0 Å². The number of nitrogens with zero attached hydrogens (tertiary/aromatic N) is 1. The Kier molecular flexibility index (Phi) is 4.50. The molecule has 1 amide bonds. The molecule has 2 aromatic rings. The van der Waals surface area contributed by atoms with E-state index in [1.54, 1.807) is 30.3 Å². The lowest BCUT2D eigenvalue weighted by molar-refractivity contribution is -0.384. The molecular weight excluding hydrogens is 270 g/mol. The number of hydrogen-bond acceptors (Lipinski definition) is 4. The van der Waals surface area contributed by atoms with Gasteiger partial charge in [0.05, 0.1) is 4.92 Å². The monoisotopic (exact) mass is 285 g/mol. The lowest BCUT2D eigenvalue weighted by Gasteiger charge is -2.08. The Hall–Kier alpha value is -2.89. The van der Waals surface area contributed by atoms with Crippen LogP contribution in [0.15, 0.2) is 48.5 Å². The van der Waals surface area contributed by atoms with E-state index in [2.05, 4.69) is 10.6 Å². The van der Waals surface area contributed by atoms with E-state index in [0.29, 0.717) is 12.2 Å². The minimum Gasteiger partial charge on any atom is -0.375 e. The van der Waals surface area contributed by atoms with Crippen LogP contribution in [0, 0.1) is 10.1 Å². The van der Waals surface area contributed by atoms with E-state index < -0.39 is 4.92 Å². The number of hydrogen-bond donors (Lipinski definition) is 2. The first-order valence-electron chi connectivity index (χ1n) is 6.40. The predicted molar refractivity (Wildman–Crippen MR) is 81.2 cm³/mol. The summed E-state index contributed by atoms with van der Waals surface area (Å²) >= 11 is 0. The Balaban J connectivity index is 2.03. The smallest absolute Gasteiger partial charge is 0.292 e. The van der Waals surface area contributed by atoms with Gasteiger partial charge in [-0.05, 0) is 23.8 Å². The maximum atomic E-state index is 10.9. The highest BCUT2D eigenvalue weighted by Gasteiger charge is 2.11. The van der Waals surface area contributed by atoms with Crippen LogP contribution in [0.3, 0.4) is 0 Å². The highest BCUT2D eigenvalue weighted by molar-refractivity contribution is 5.88. The molecule has 6 heteroatoms. The molecule has 6 nitrogen and oxygen atoms in total. The first-order chi connectivity index (χ1) is 10.1. The van der Waals surface area contributed by atoms with Crippen molar-refractivity contribution in [1.82, 2.24) is 0 Å². The van der Waals surface area contributed by atoms with Gasteiger partial charge in [-0.25, -0.2) is 0 Å². The number of carbonyl (C=O) groups is 1. The molecule has 0 heterocycles. The van der Waals surface area contributed by atoms with Crippen molar-refractivity contribution in [1.29, 1.82) is 0 Å². The van der Waals surface area contributed by atoms with Gasteiger partial charge in [0.15, 0.2) is 0 Å². The summed E-state index contributed by atoms with van der Waals surface area (Å²) < 4.78 is 0. The summed E-state index contributed by atoms with van der Waals surface area (Å²) in [5, 5.41) is 16.6. The van der Waals surface area contributed by atoms with Gasteiger partial charge in [0.2, 0.25) is 5.91 Å². The SMILES string of the molecule is CC(=O)Nc1ccc(CNc2ccccc2[N+](=O)[O-])cc1. The molecule has 0 bridgehead atoms. The Morgan fingerprint density at radius 2 is 1.81 bits per heavy atom. The standard InChI is InChI=1S/C15H15N3O3/c1-11(19)17-13-8-6-12(7-9-13)10-16-14-4-2-3-5-15(14)18(20)21/h2-9,16H,10H2,1H3,(H,17,19). The third-order valence-electron chi connectivity index (χ3n) is 2.86. The molecule has 2 N–H and O–H groups in total. The van der Waals surface area contributed by atoms with Crippen molar-refractivity contribution in [3.05, 3.63) is 64.2 Å². The van der Waals surface area contributed by atoms with Crippen LogP contribution >= 0.6 is 0 Å². The normalized spacial score (nSPS) is 9.95. The van der Waals surface area contributed by atoms with Gasteiger partial charge in [-0.15, -0.1) is 0 Å². The summed E-state index contributed by atoms with van der Waals surface area (Å²) in [7, 11) is 0. The molecule has 0 atom stereocenters. The minimum absolute atomic E-state index is 0.0485. The molecule has 0 aromatic heterocycles. The largest absolute Gasteiger partial charge is 0.375 e. The molecule has 108 valence electrons. The molecule has 0 radical (unpaired) electrons. The minimum atomic E-state index is -0.414. The Bertz CT molecular complexity index is 653. The molecule has 0 aliphatic heterocycles. The average molecular weight is 285 g/mol. The Morgan fingerprint density at radius 1 is 1.14 bits per heavy atom. The lowest BCUT2D eigenvalue weighted by Crippen LogP contribution is -2.06. The molecule has 0 aliphatic carbocycles. The fourth-order valence-corrected chi connectivity index (χ4v) is 1.89. The van der Waals surface area contributed by atoms with E-state index in [9.17, 15) is 14.9 Å². The molecular formula is C15H15N3O3. The summed E-state index contributed by atoms with van der Waals surface area (Å²) in [5.74, 6) is -0.124. The summed E-state index contributed by atoms with van der Waals surface area (Å²) in [4.78, 5) is 21.4. The van der Waals surface area contributed by atoms with Crippen LogP contribution in [0.4, 0.5) is 17.1 Å². The lowest BCUT2D eigenvalue weighted by atomic mass is 10.2. The summed E-state index contributed by atoms with van der Waals surface area (Å²) in [6, 6.07) is 13.8. The van der Waals surface area contributed by atoms with E-state index >= 15 is 0 Å². The van der Waals surface area contributed by atoms with Gasteiger partial charge in [-0.3, -0.25) is 14.9 Å². The van der Waals surface area contributed by atoms with E-state index in [4.69, 9.17) is 0 Å². The van der Waals surface area contributed by atoms with Gasteiger partial charge in [0.25, 0.3) is 5.69 Å². The van der Waals surface area contributed by atoms with Crippen molar-refractivity contribution in [3.8, 4) is 0 Å². The van der Waals surface area contributed by atoms with Crippen molar-refractivity contribution in [3.63, 3.8) is 0 Å². The second-order valence-corrected chi connectivity index (χ2v) is 4.51. The number of benzene rings is 2. The highest BCUT2D eigenvalue weighted by Crippen LogP contribution is 2.23. The highest BCUT2D eigenvalue weighted by atomic mass is 16.6. The number of rotatable bonds is 5. The first kappa shape index (κ1) is 14.5. The summed E-state index contributed by atoms with van der Waals surface area (Å²) in [6.45, 7) is 1.91. The second kappa shape index (κ2) is 6.51. The maximum Gasteiger partial charge on any atom is 0.292 e. The van der Waals surface area contributed by atoms with Crippen LogP contribution in [0.25, 0.3) is 0 Å². The van der Waals surface area contributed by atoms with E-state index in [0.717, 1.165) is 11.3 Å². The van der Waals surface area contributed by atoms with Crippen molar-refractivity contribution < 1.29 is 9.72 Å². The quantitative estimate of drug-likeness (QED) is 0.652. The van der Waals surface area contributed by atoms with Crippen LogP contribution in [-0.4, -0.2) is 10.8 Å². The molecule has 0 saturated heterocycles. The van der Waals surface area contributed by atoms with Gasteiger partial charge in [0, 0.05) is 25.2 Å². The van der Waals surface area contributed by atoms with E-state index in [1.807, 2.05) is 12.1 Å². The maximum absolute atomic E-state index is 10.9. The molecule has 2 aromatic carbocycles. The van der Waals surface area contributed by atoms with Gasteiger partial charge in [0.1, 0.15) is 5.69 Å². The van der Waals surface area contributed by atoms with Crippen molar-refractivity contribution >= 4 is 23.0 Å². The van der Waals surface area contributed by atoms with Crippen LogP contribution in [0.1, 0.15) is 12.5 Å². The fourth-order valence-electron chi connectivity index (χ4n) is 1.89. The number of carbonyl (C=O) groups excluding carboxylic acids is 1. The molecule has 21 heavy (non-hydrogen) atoms. The average Bonchev–Trinajstić information content (AvgIpc) is 2.46.